The molecule has 25 heavy (non-hydrogen) atoms. The van der Waals surface area contributed by atoms with Crippen LogP contribution in [0, 0.1) is 5.41 Å². The first-order valence-corrected chi connectivity index (χ1v) is 9.39. The van der Waals surface area contributed by atoms with Crippen LogP contribution >= 0.6 is 0 Å². The Labute approximate surface area is 149 Å². The van der Waals surface area contributed by atoms with Gasteiger partial charge < -0.3 is 15.4 Å². The van der Waals surface area contributed by atoms with Crippen LogP contribution in [0.2, 0.25) is 0 Å². The Bertz CT molecular complexity index is 623. The lowest BCUT2D eigenvalue weighted by molar-refractivity contribution is -0.132. The average molecular weight is 344 g/mol. The molecule has 1 atom stereocenters. The van der Waals surface area contributed by atoms with Crippen LogP contribution in [0.1, 0.15) is 56.9 Å². The summed E-state index contributed by atoms with van der Waals surface area (Å²) in [6.45, 7) is 3.82. The summed E-state index contributed by atoms with van der Waals surface area (Å²) in [6, 6.07) is 7.85. The van der Waals surface area contributed by atoms with Gasteiger partial charge in [0, 0.05) is 37.8 Å². The number of hydrogen-bond acceptors (Lipinski definition) is 3. The van der Waals surface area contributed by atoms with Gasteiger partial charge in [-0.25, -0.2) is 0 Å². The third-order valence-corrected chi connectivity index (χ3v) is 5.59. The Hall–Kier alpha value is -1.88. The highest BCUT2D eigenvalue weighted by Gasteiger charge is 2.41. The van der Waals surface area contributed by atoms with Gasteiger partial charge in [-0.2, -0.15) is 0 Å². The molecule has 2 aliphatic rings. The van der Waals surface area contributed by atoms with Crippen LogP contribution in [0.5, 0.6) is 0 Å². The first kappa shape index (κ1) is 17.9. The molecule has 3 rings (SSSR count). The molecule has 2 N–H and O–H groups in total. The molecule has 5 heteroatoms. The maximum Gasteiger partial charge on any atom is 0.226 e. The fraction of sp³-hybridized carbons (Fsp3) is 0.600. The molecule has 0 spiro atoms. The van der Waals surface area contributed by atoms with Crippen LogP contribution in [0.25, 0.3) is 0 Å². The minimum atomic E-state index is -0.286. The van der Waals surface area contributed by atoms with Gasteiger partial charge in [-0.1, -0.05) is 31.0 Å². The van der Waals surface area contributed by atoms with Crippen molar-refractivity contribution >= 4 is 17.5 Å². The van der Waals surface area contributed by atoms with E-state index >= 15 is 0 Å². The molecule has 0 saturated heterocycles. The van der Waals surface area contributed by atoms with Crippen LogP contribution < -0.4 is 10.6 Å². The number of carbonyl (C=O) groups excluding carboxylic acids is 2. The van der Waals surface area contributed by atoms with Crippen molar-refractivity contribution < 1.29 is 14.3 Å². The molecular weight excluding hydrogens is 316 g/mol. The number of fused-ring (bicyclic) bond motifs is 1. The van der Waals surface area contributed by atoms with Gasteiger partial charge in [-0.05, 0) is 37.8 Å². The number of hydrogen-bond donors (Lipinski definition) is 2. The van der Waals surface area contributed by atoms with Crippen molar-refractivity contribution in [2.24, 2.45) is 5.41 Å². The largest absolute Gasteiger partial charge is 0.382 e. The number of nitrogens with one attached hydrogen (secondary N) is 2. The molecule has 1 aromatic rings. The highest BCUT2D eigenvalue weighted by molar-refractivity contribution is 5.94. The molecule has 1 heterocycles. The Morgan fingerprint density at radius 3 is 2.84 bits per heavy atom. The second-order valence-electron chi connectivity index (χ2n) is 7.18. The number of benzene rings is 1. The molecule has 0 unspecified atom stereocenters. The van der Waals surface area contributed by atoms with E-state index < -0.39 is 0 Å². The smallest absolute Gasteiger partial charge is 0.226 e. The summed E-state index contributed by atoms with van der Waals surface area (Å²) >= 11 is 0. The molecule has 2 amide bonds. The lowest BCUT2D eigenvalue weighted by Crippen LogP contribution is -2.42. The van der Waals surface area contributed by atoms with Crippen LogP contribution in [0.15, 0.2) is 24.3 Å². The second-order valence-corrected chi connectivity index (χ2v) is 7.18. The molecule has 0 radical (unpaired) electrons. The minimum Gasteiger partial charge on any atom is -0.382 e. The zero-order valence-electron chi connectivity index (χ0n) is 15.0. The molecule has 136 valence electrons. The highest BCUT2D eigenvalue weighted by atomic mass is 16.5. The van der Waals surface area contributed by atoms with Crippen molar-refractivity contribution in [2.45, 2.75) is 51.4 Å². The van der Waals surface area contributed by atoms with Gasteiger partial charge >= 0.3 is 0 Å². The lowest BCUT2D eigenvalue weighted by atomic mass is 9.81. The second kappa shape index (κ2) is 8.00. The molecule has 5 nitrogen and oxygen atoms in total. The van der Waals surface area contributed by atoms with Crippen LogP contribution in [-0.4, -0.2) is 31.6 Å². The number of ether oxygens (including phenoxy) is 1. The van der Waals surface area contributed by atoms with E-state index in [0.717, 1.165) is 43.4 Å². The van der Waals surface area contributed by atoms with Crippen molar-refractivity contribution in [3.8, 4) is 0 Å². The van der Waals surface area contributed by atoms with E-state index in [1.165, 1.54) is 0 Å². The summed E-state index contributed by atoms with van der Waals surface area (Å²) in [5, 5.41) is 6.06. The Morgan fingerprint density at radius 1 is 1.32 bits per heavy atom. The first-order chi connectivity index (χ1) is 12.1. The van der Waals surface area contributed by atoms with Crippen molar-refractivity contribution in [2.75, 3.05) is 25.1 Å². The minimum absolute atomic E-state index is 0.0184. The summed E-state index contributed by atoms with van der Waals surface area (Å²) in [7, 11) is 0. The number of rotatable bonds is 7. The zero-order chi connectivity index (χ0) is 17.7. The number of anilines is 1. The van der Waals surface area contributed by atoms with Crippen LogP contribution in [-0.2, 0) is 14.3 Å². The van der Waals surface area contributed by atoms with E-state index in [1.54, 1.807) is 0 Å². The van der Waals surface area contributed by atoms with Gasteiger partial charge in [0.15, 0.2) is 0 Å². The molecule has 1 aliphatic carbocycles. The average Bonchev–Trinajstić information content (AvgIpc) is 3.09. The molecule has 1 saturated carbocycles. The molecule has 1 aliphatic heterocycles. The highest BCUT2D eigenvalue weighted by Crippen LogP contribution is 2.41. The summed E-state index contributed by atoms with van der Waals surface area (Å²) in [6.07, 6.45) is 5.29. The van der Waals surface area contributed by atoms with E-state index in [4.69, 9.17) is 4.74 Å². The maximum absolute atomic E-state index is 12.9. The van der Waals surface area contributed by atoms with Crippen molar-refractivity contribution in [1.29, 1.82) is 0 Å². The topological polar surface area (TPSA) is 67.4 Å². The van der Waals surface area contributed by atoms with Crippen molar-refractivity contribution in [3.05, 3.63) is 29.8 Å². The monoisotopic (exact) mass is 344 g/mol. The van der Waals surface area contributed by atoms with E-state index in [0.29, 0.717) is 26.2 Å². The predicted molar refractivity (Wildman–Crippen MR) is 97.5 cm³/mol. The Morgan fingerprint density at radius 2 is 2.08 bits per heavy atom. The number of para-hydroxylation sites is 1. The summed E-state index contributed by atoms with van der Waals surface area (Å²) in [5.74, 6) is 0.192. The Balaban J connectivity index is 1.64. The molecule has 0 bridgehead atoms. The van der Waals surface area contributed by atoms with E-state index in [9.17, 15) is 9.59 Å². The van der Waals surface area contributed by atoms with Gasteiger partial charge in [0.2, 0.25) is 11.8 Å². The fourth-order valence-electron chi connectivity index (χ4n) is 4.14. The summed E-state index contributed by atoms with van der Waals surface area (Å²) in [5.41, 5.74) is 1.69. The number of amides is 2. The fourth-order valence-corrected chi connectivity index (χ4v) is 4.14. The SMILES string of the molecule is CCOCCC1(C(=O)NC[C@H]2CC(=O)Nc3ccccc32)CCCC1. The van der Waals surface area contributed by atoms with Gasteiger partial charge in [-0.15, -0.1) is 0 Å². The number of carbonyl (C=O) groups is 2. The van der Waals surface area contributed by atoms with E-state index in [-0.39, 0.29) is 23.1 Å². The van der Waals surface area contributed by atoms with Gasteiger partial charge in [0.1, 0.15) is 0 Å². The molecule has 1 fully saturated rings. The quantitative estimate of drug-likeness (QED) is 0.746. The van der Waals surface area contributed by atoms with E-state index in [1.807, 2.05) is 31.2 Å². The van der Waals surface area contributed by atoms with Crippen molar-refractivity contribution in [3.63, 3.8) is 0 Å². The van der Waals surface area contributed by atoms with Gasteiger partial charge in [0.25, 0.3) is 0 Å². The van der Waals surface area contributed by atoms with Crippen LogP contribution in [0.3, 0.4) is 0 Å². The first-order valence-electron chi connectivity index (χ1n) is 9.39. The molecular formula is C20H28N2O3. The van der Waals surface area contributed by atoms with Crippen LogP contribution in [0.4, 0.5) is 5.69 Å². The lowest BCUT2D eigenvalue weighted by Gasteiger charge is -2.30. The molecule has 0 aromatic heterocycles. The molecule has 1 aromatic carbocycles. The van der Waals surface area contributed by atoms with Gasteiger partial charge in [-0.3, -0.25) is 9.59 Å². The van der Waals surface area contributed by atoms with Gasteiger partial charge in [0.05, 0.1) is 5.41 Å². The standard InChI is InChI=1S/C20H28N2O3/c1-2-25-12-11-20(9-5-6-10-20)19(24)21-14-15-13-18(23)22-17-8-4-3-7-16(15)17/h3-4,7-8,15H,2,5-6,9-14H2,1H3,(H,21,24)(H,22,23)/t15-/m1/s1. The van der Waals surface area contributed by atoms with E-state index in [2.05, 4.69) is 10.6 Å². The normalized spacial score (nSPS) is 21.5. The maximum atomic E-state index is 12.9. The zero-order valence-corrected chi connectivity index (χ0v) is 15.0. The Kier molecular flexibility index (Phi) is 5.74. The predicted octanol–water partition coefficient (Wildman–Crippen LogP) is 3.22. The summed E-state index contributed by atoms with van der Waals surface area (Å²) in [4.78, 5) is 24.9. The third-order valence-electron chi connectivity index (χ3n) is 5.59. The summed E-state index contributed by atoms with van der Waals surface area (Å²) < 4.78 is 5.49. The van der Waals surface area contributed by atoms with Crippen molar-refractivity contribution in [1.82, 2.24) is 5.32 Å². The third kappa shape index (κ3) is 4.03.